The van der Waals surface area contributed by atoms with Crippen molar-refractivity contribution in [1.29, 1.82) is 0 Å². The van der Waals surface area contributed by atoms with Crippen LogP contribution in [0.4, 0.5) is 0 Å². The van der Waals surface area contributed by atoms with Crippen LogP contribution in [0.3, 0.4) is 0 Å². The fourth-order valence-corrected chi connectivity index (χ4v) is 3.11. The van der Waals surface area contributed by atoms with Gasteiger partial charge in [0.1, 0.15) is 10.8 Å². The summed E-state index contributed by atoms with van der Waals surface area (Å²) in [5.74, 6) is -0.387. The van der Waals surface area contributed by atoms with Crippen molar-refractivity contribution in [3.05, 3.63) is 83.4 Å². The number of hydrogen-bond donors (Lipinski definition) is 1. The van der Waals surface area contributed by atoms with E-state index in [2.05, 4.69) is 4.98 Å². The summed E-state index contributed by atoms with van der Waals surface area (Å²) < 4.78 is 0. The molecule has 0 unspecified atom stereocenters. The molecule has 27 heavy (non-hydrogen) atoms. The molecule has 0 aliphatic rings. The third-order valence-electron chi connectivity index (χ3n) is 3.69. The van der Waals surface area contributed by atoms with Crippen LogP contribution in [-0.2, 0) is 9.59 Å². The van der Waals surface area contributed by atoms with Crippen LogP contribution >= 0.6 is 11.3 Å². The Kier molecular flexibility index (Phi) is 6.07. The van der Waals surface area contributed by atoms with E-state index in [9.17, 15) is 14.7 Å². The second-order valence-electron chi connectivity index (χ2n) is 5.81. The van der Waals surface area contributed by atoms with Crippen LogP contribution in [0.1, 0.15) is 17.7 Å². The van der Waals surface area contributed by atoms with Crippen LogP contribution < -0.4 is 0 Å². The summed E-state index contributed by atoms with van der Waals surface area (Å²) in [6, 6.07) is 16.3. The third kappa shape index (κ3) is 5.59. The van der Waals surface area contributed by atoms with E-state index >= 15 is 0 Å². The summed E-state index contributed by atoms with van der Waals surface area (Å²) in [5.41, 5.74) is 2.50. The number of hydrogen-bond acceptors (Lipinski definition) is 5. The molecule has 0 amide bonds. The lowest BCUT2D eigenvalue weighted by Crippen LogP contribution is -2.01. The van der Waals surface area contributed by atoms with Crippen LogP contribution in [-0.4, -0.2) is 21.7 Å². The van der Waals surface area contributed by atoms with E-state index in [1.165, 1.54) is 35.6 Å². The summed E-state index contributed by atoms with van der Waals surface area (Å²) in [4.78, 5) is 28.3. The highest BCUT2D eigenvalue weighted by atomic mass is 32.1. The van der Waals surface area contributed by atoms with Gasteiger partial charge in [-0.1, -0.05) is 48.5 Å². The van der Waals surface area contributed by atoms with Crippen molar-refractivity contribution < 1.29 is 14.7 Å². The number of ketones is 2. The average molecular weight is 375 g/mol. The molecule has 0 spiro atoms. The molecule has 1 N–H and O–H groups in total. The first-order valence-electron chi connectivity index (χ1n) is 8.32. The normalized spacial score (nSPS) is 11.3. The van der Waals surface area contributed by atoms with Crippen molar-refractivity contribution in [2.45, 2.75) is 6.42 Å². The molecule has 0 atom stereocenters. The van der Waals surface area contributed by atoms with E-state index in [1.54, 1.807) is 24.3 Å². The summed E-state index contributed by atoms with van der Waals surface area (Å²) in [7, 11) is 0. The number of benzene rings is 2. The Labute approximate surface area is 161 Å². The van der Waals surface area contributed by atoms with E-state index < -0.39 is 0 Å². The van der Waals surface area contributed by atoms with Gasteiger partial charge in [0.15, 0.2) is 11.6 Å². The predicted molar refractivity (Wildman–Crippen MR) is 108 cm³/mol. The molecule has 5 heteroatoms. The number of phenols is 1. The van der Waals surface area contributed by atoms with Crippen molar-refractivity contribution in [3.63, 3.8) is 0 Å². The maximum Gasteiger partial charge on any atom is 0.163 e. The Morgan fingerprint density at radius 1 is 0.926 bits per heavy atom. The number of nitrogens with zero attached hydrogens (tertiary/aromatic N) is 1. The molecule has 0 radical (unpaired) electrons. The standard InChI is InChI=1S/C22H17NO3S/c24-19-10-6-16(7-11-19)8-12-20(25)14-21(26)13-9-18-15-27-22(23-18)17-4-2-1-3-5-17/h1-13,15,24H,14H2. The highest BCUT2D eigenvalue weighted by Crippen LogP contribution is 2.23. The van der Waals surface area contributed by atoms with Crippen molar-refractivity contribution in [2.24, 2.45) is 0 Å². The van der Waals surface area contributed by atoms with Crippen LogP contribution in [0, 0.1) is 0 Å². The van der Waals surface area contributed by atoms with Gasteiger partial charge in [0.2, 0.25) is 0 Å². The lowest BCUT2D eigenvalue weighted by molar-refractivity contribution is -0.121. The topological polar surface area (TPSA) is 67.3 Å². The van der Waals surface area contributed by atoms with Crippen molar-refractivity contribution in [2.75, 3.05) is 0 Å². The van der Waals surface area contributed by atoms with Crippen molar-refractivity contribution in [1.82, 2.24) is 4.98 Å². The number of aromatic nitrogens is 1. The summed E-state index contributed by atoms with van der Waals surface area (Å²) in [5, 5.41) is 12.0. The SMILES string of the molecule is O=C(C=Cc1ccc(O)cc1)CC(=O)C=Cc1csc(-c2ccccc2)n1. The number of rotatable bonds is 7. The summed E-state index contributed by atoms with van der Waals surface area (Å²) >= 11 is 1.51. The second-order valence-corrected chi connectivity index (χ2v) is 6.67. The molecule has 1 heterocycles. The van der Waals surface area contributed by atoms with Gasteiger partial charge in [-0.05, 0) is 35.9 Å². The first-order valence-corrected chi connectivity index (χ1v) is 9.20. The quantitative estimate of drug-likeness (QED) is 0.477. The maximum absolute atomic E-state index is 12.0. The number of phenolic OH excluding ortho intramolecular Hbond substituents is 1. The number of aromatic hydroxyl groups is 1. The summed E-state index contributed by atoms with van der Waals surface area (Å²) in [6.07, 6.45) is 5.80. The number of carbonyl (C=O) groups excluding carboxylic acids is 2. The zero-order chi connectivity index (χ0) is 19.1. The van der Waals surface area contributed by atoms with Gasteiger partial charge in [-0.2, -0.15) is 0 Å². The van der Waals surface area contributed by atoms with E-state index in [0.29, 0.717) is 5.69 Å². The van der Waals surface area contributed by atoms with E-state index in [4.69, 9.17) is 0 Å². The first kappa shape index (κ1) is 18.5. The van der Waals surface area contributed by atoms with E-state index in [0.717, 1.165) is 16.1 Å². The Balaban J connectivity index is 1.55. The Hall–Kier alpha value is -3.31. The fourth-order valence-electron chi connectivity index (χ4n) is 2.32. The molecule has 134 valence electrons. The van der Waals surface area contributed by atoms with Gasteiger partial charge in [0.25, 0.3) is 0 Å². The smallest absolute Gasteiger partial charge is 0.163 e. The molecule has 0 aliphatic heterocycles. The zero-order valence-corrected chi connectivity index (χ0v) is 15.2. The van der Waals surface area contributed by atoms with Gasteiger partial charge in [0.05, 0.1) is 12.1 Å². The van der Waals surface area contributed by atoms with Crippen LogP contribution in [0.15, 0.2) is 72.1 Å². The Morgan fingerprint density at radius 3 is 2.30 bits per heavy atom. The van der Waals surface area contributed by atoms with E-state index in [1.807, 2.05) is 35.7 Å². The molecule has 0 bridgehead atoms. The molecular formula is C22H17NO3S. The highest BCUT2D eigenvalue weighted by Gasteiger charge is 2.05. The van der Waals surface area contributed by atoms with Crippen LogP contribution in [0.5, 0.6) is 5.75 Å². The molecule has 0 aliphatic carbocycles. The third-order valence-corrected chi connectivity index (χ3v) is 4.60. The van der Waals surface area contributed by atoms with Gasteiger partial charge in [-0.3, -0.25) is 9.59 Å². The first-order chi connectivity index (χ1) is 13.1. The lowest BCUT2D eigenvalue weighted by Gasteiger charge is -1.94. The molecule has 0 fully saturated rings. The molecule has 0 saturated carbocycles. The minimum atomic E-state index is -0.277. The molecular weight excluding hydrogens is 358 g/mol. The fraction of sp³-hybridized carbons (Fsp3) is 0.0455. The van der Waals surface area contributed by atoms with Gasteiger partial charge >= 0.3 is 0 Å². The maximum atomic E-state index is 12.0. The average Bonchev–Trinajstić information content (AvgIpc) is 3.16. The zero-order valence-electron chi connectivity index (χ0n) is 14.4. The molecule has 1 aromatic heterocycles. The monoisotopic (exact) mass is 375 g/mol. The number of thiazole rings is 1. The molecule has 3 aromatic rings. The van der Waals surface area contributed by atoms with Gasteiger partial charge < -0.3 is 5.11 Å². The van der Waals surface area contributed by atoms with Crippen molar-refractivity contribution >= 4 is 35.1 Å². The largest absolute Gasteiger partial charge is 0.508 e. The highest BCUT2D eigenvalue weighted by molar-refractivity contribution is 7.13. The minimum absolute atomic E-state index is 0.163. The van der Waals surface area contributed by atoms with Gasteiger partial charge in [-0.15, -0.1) is 11.3 Å². The number of allylic oxidation sites excluding steroid dienone is 2. The summed E-state index contributed by atoms with van der Waals surface area (Å²) in [6.45, 7) is 0. The van der Waals surface area contributed by atoms with Crippen LogP contribution in [0.2, 0.25) is 0 Å². The lowest BCUT2D eigenvalue weighted by atomic mass is 10.1. The van der Waals surface area contributed by atoms with Crippen molar-refractivity contribution in [3.8, 4) is 16.3 Å². The second kappa shape index (κ2) is 8.87. The van der Waals surface area contributed by atoms with Gasteiger partial charge in [-0.25, -0.2) is 4.98 Å². The van der Waals surface area contributed by atoms with E-state index in [-0.39, 0.29) is 23.7 Å². The molecule has 3 rings (SSSR count). The molecule has 2 aromatic carbocycles. The predicted octanol–water partition coefficient (Wildman–Crippen LogP) is 4.77. The number of carbonyl (C=O) groups is 2. The Morgan fingerprint density at radius 2 is 1.59 bits per heavy atom. The molecule has 0 saturated heterocycles. The minimum Gasteiger partial charge on any atom is -0.508 e. The molecule has 4 nitrogen and oxygen atoms in total. The van der Waals surface area contributed by atoms with Gasteiger partial charge in [0, 0.05) is 10.9 Å². The Bertz CT molecular complexity index is 986. The van der Waals surface area contributed by atoms with Crippen LogP contribution in [0.25, 0.3) is 22.7 Å².